The first-order chi connectivity index (χ1) is 9.10. The van der Waals surface area contributed by atoms with Crippen LogP contribution in [0, 0.1) is 0 Å². The second-order valence-corrected chi connectivity index (χ2v) is 6.22. The molecular formula is C13H17Cl2N3O2. The van der Waals surface area contributed by atoms with Crippen LogP contribution in [-0.2, 0) is 4.79 Å². The Labute approximate surface area is 128 Å². The van der Waals surface area contributed by atoms with Gasteiger partial charge in [0.1, 0.15) is 5.15 Å². The van der Waals surface area contributed by atoms with Crippen molar-refractivity contribution in [3.8, 4) is 0 Å². The molecule has 2 amide bonds. The van der Waals surface area contributed by atoms with E-state index < -0.39 is 0 Å². The fourth-order valence-corrected chi connectivity index (χ4v) is 1.77. The molecule has 0 atom stereocenters. The van der Waals surface area contributed by atoms with Crippen molar-refractivity contribution in [3.63, 3.8) is 0 Å². The number of carbonyl (C=O) groups excluding carboxylic acids is 2. The average Bonchev–Trinajstić information content (AvgIpc) is 2.29. The lowest BCUT2D eigenvalue weighted by Gasteiger charge is -2.23. The third kappa shape index (κ3) is 4.98. The number of rotatable bonds is 3. The highest BCUT2D eigenvalue weighted by atomic mass is 35.5. The van der Waals surface area contributed by atoms with Crippen LogP contribution in [0.1, 0.15) is 31.1 Å². The zero-order chi connectivity index (χ0) is 15.5. The summed E-state index contributed by atoms with van der Waals surface area (Å²) < 4.78 is 0. The van der Waals surface area contributed by atoms with Crippen molar-refractivity contribution in [1.82, 2.24) is 15.2 Å². The maximum absolute atomic E-state index is 12.1. The van der Waals surface area contributed by atoms with Crippen molar-refractivity contribution in [2.45, 2.75) is 26.3 Å². The lowest BCUT2D eigenvalue weighted by molar-refractivity contribution is -0.122. The van der Waals surface area contributed by atoms with E-state index in [0.29, 0.717) is 0 Å². The van der Waals surface area contributed by atoms with E-state index >= 15 is 0 Å². The minimum absolute atomic E-state index is 0.0453. The van der Waals surface area contributed by atoms with Crippen LogP contribution in [0.3, 0.4) is 0 Å². The van der Waals surface area contributed by atoms with E-state index in [0.717, 1.165) is 0 Å². The first-order valence-corrected chi connectivity index (χ1v) is 6.73. The molecule has 0 aromatic carbocycles. The van der Waals surface area contributed by atoms with Gasteiger partial charge in [0.15, 0.2) is 0 Å². The van der Waals surface area contributed by atoms with Gasteiger partial charge in [-0.2, -0.15) is 0 Å². The molecule has 0 spiro atoms. The second-order valence-electron chi connectivity index (χ2n) is 5.46. The van der Waals surface area contributed by atoms with Crippen molar-refractivity contribution in [3.05, 3.63) is 28.0 Å². The van der Waals surface area contributed by atoms with Crippen LogP contribution in [0.4, 0.5) is 0 Å². The Morgan fingerprint density at radius 2 is 1.95 bits per heavy atom. The third-order valence-electron chi connectivity index (χ3n) is 2.29. The van der Waals surface area contributed by atoms with Gasteiger partial charge in [-0.05, 0) is 26.8 Å². The number of pyridine rings is 1. The van der Waals surface area contributed by atoms with E-state index in [1.807, 2.05) is 20.8 Å². The quantitative estimate of drug-likeness (QED) is 0.871. The summed E-state index contributed by atoms with van der Waals surface area (Å²) >= 11 is 11.5. The van der Waals surface area contributed by atoms with E-state index in [1.54, 1.807) is 0 Å². The van der Waals surface area contributed by atoms with E-state index in [1.165, 1.54) is 24.2 Å². The number of hydrogen-bond acceptors (Lipinski definition) is 3. The summed E-state index contributed by atoms with van der Waals surface area (Å²) in [6, 6.07) is 1.43. The highest BCUT2D eigenvalue weighted by molar-refractivity contribution is 6.41. The lowest BCUT2D eigenvalue weighted by atomic mass is 10.1. The van der Waals surface area contributed by atoms with Gasteiger partial charge < -0.3 is 10.2 Å². The number of nitrogens with one attached hydrogen (secondary N) is 1. The molecule has 1 aromatic heterocycles. The second kappa shape index (κ2) is 6.41. The smallest absolute Gasteiger partial charge is 0.255 e. The van der Waals surface area contributed by atoms with Crippen LogP contribution < -0.4 is 5.32 Å². The molecule has 5 nitrogen and oxygen atoms in total. The van der Waals surface area contributed by atoms with Crippen LogP contribution in [-0.4, -0.2) is 40.8 Å². The molecule has 1 heterocycles. The van der Waals surface area contributed by atoms with Crippen molar-refractivity contribution in [2.24, 2.45) is 0 Å². The molecule has 0 aliphatic rings. The van der Waals surface area contributed by atoms with Crippen molar-refractivity contribution in [1.29, 1.82) is 0 Å². The summed E-state index contributed by atoms with van der Waals surface area (Å²) in [6.07, 6.45) is 1.33. The summed E-state index contributed by atoms with van der Waals surface area (Å²) in [6.45, 7) is 5.57. The van der Waals surface area contributed by atoms with Gasteiger partial charge in [0.05, 0.1) is 17.1 Å². The normalized spacial score (nSPS) is 11.1. The molecule has 0 radical (unpaired) electrons. The van der Waals surface area contributed by atoms with Gasteiger partial charge in [-0.25, -0.2) is 4.98 Å². The molecule has 0 bridgehead atoms. The molecule has 0 saturated heterocycles. The predicted octanol–water partition coefficient (Wildman–Crippen LogP) is 2.38. The molecule has 0 fully saturated rings. The van der Waals surface area contributed by atoms with Gasteiger partial charge in [-0.1, -0.05) is 23.2 Å². The highest BCUT2D eigenvalue weighted by Crippen LogP contribution is 2.20. The van der Waals surface area contributed by atoms with Gasteiger partial charge in [0.2, 0.25) is 5.91 Å². The molecule has 20 heavy (non-hydrogen) atoms. The summed E-state index contributed by atoms with van der Waals surface area (Å²) in [5.74, 6) is -0.582. The van der Waals surface area contributed by atoms with Crippen LogP contribution in [0.25, 0.3) is 0 Å². The van der Waals surface area contributed by atoms with Gasteiger partial charge in [0.25, 0.3) is 5.91 Å². The summed E-state index contributed by atoms with van der Waals surface area (Å²) in [5, 5.41) is 3.12. The zero-order valence-corrected chi connectivity index (χ0v) is 13.3. The van der Waals surface area contributed by atoms with E-state index in [2.05, 4.69) is 10.3 Å². The minimum Gasteiger partial charge on any atom is -0.350 e. The van der Waals surface area contributed by atoms with Crippen LogP contribution in [0.15, 0.2) is 12.3 Å². The topological polar surface area (TPSA) is 62.3 Å². The van der Waals surface area contributed by atoms with Crippen molar-refractivity contribution in [2.75, 3.05) is 13.6 Å². The Balaban J connectivity index is 2.72. The van der Waals surface area contributed by atoms with E-state index in [-0.39, 0.29) is 39.6 Å². The summed E-state index contributed by atoms with van der Waals surface area (Å²) in [4.78, 5) is 29.0. The van der Waals surface area contributed by atoms with Crippen LogP contribution >= 0.6 is 23.2 Å². The van der Waals surface area contributed by atoms with Gasteiger partial charge >= 0.3 is 0 Å². The molecule has 7 heteroatoms. The fraction of sp³-hybridized carbons (Fsp3) is 0.462. The van der Waals surface area contributed by atoms with Crippen molar-refractivity contribution >= 4 is 35.0 Å². The molecular weight excluding hydrogens is 301 g/mol. The Kier molecular flexibility index (Phi) is 5.36. The number of halogens is 2. The predicted molar refractivity (Wildman–Crippen MR) is 79.1 cm³/mol. The maximum atomic E-state index is 12.1. The molecule has 0 aliphatic carbocycles. The number of amides is 2. The molecule has 1 aromatic rings. The monoisotopic (exact) mass is 317 g/mol. The Hall–Kier alpha value is -1.33. The fourth-order valence-electron chi connectivity index (χ4n) is 1.50. The SMILES string of the molecule is CN(CC(=O)NC(C)(C)C)C(=O)c1cnc(Cl)c(Cl)c1. The summed E-state index contributed by atoms with van der Waals surface area (Å²) in [5.41, 5.74) is -0.0583. The van der Waals surface area contributed by atoms with Crippen LogP contribution in [0.2, 0.25) is 10.2 Å². The highest BCUT2D eigenvalue weighted by Gasteiger charge is 2.19. The van der Waals surface area contributed by atoms with E-state index in [9.17, 15) is 9.59 Å². The van der Waals surface area contributed by atoms with Crippen molar-refractivity contribution < 1.29 is 9.59 Å². The molecule has 0 unspecified atom stereocenters. The largest absolute Gasteiger partial charge is 0.350 e. The molecule has 1 N–H and O–H groups in total. The standard InChI is InChI=1S/C13H17Cl2N3O2/c1-13(2,3)17-10(19)7-18(4)12(20)8-5-9(14)11(15)16-6-8/h5-6H,7H2,1-4H3,(H,17,19). The third-order valence-corrected chi connectivity index (χ3v) is 2.97. The molecule has 0 saturated carbocycles. The van der Waals surface area contributed by atoms with Gasteiger partial charge in [-0.15, -0.1) is 0 Å². The average molecular weight is 318 g/mol. The Morgan fingerprint density at radius 3 is 2.45 bits per heavy atom. The number of likely N-dealkylation sites (N-methyl/N-ethyl adjacent to an activating group) is 1. The Bertz CT molecular complexity index is 527. The number of aromatic nitrogens is 1. The van der Waals surface area contributed by atoms with Gasteiger partial charge in [0, 0.05) is 18.8 Å². The molecule has 0 aliphatic heterocycles. The molecule has 1 rings (SSSR count). The van der Waals surface area contributed by atoms with E-state index in [4.69, 9.17) is 23.2 Å². The number of nitrogens with zero attached hydrogens (tertiary/aromatic N) is 2. The lowest BCUT2D eigenvalue weighted by Crippen LogP contribution is -2.46. The minimum atomic E-state index is -0.347. The number of carbonyl (C=O) groups is 2. The Morgan fingerprint density at radius 1 is 1.35 bits per heavy atom. The molecule has 110 valence electrons. The van der Waals surface area contributed by atoms with Crippen LogP contribution in [0.5, 0.6) is 0 Å². The van der Waals surface area contributed by atoms with Gasteiger partial charge in [-0.3, -0.25) is 9.59 Å². The summed E-state index contributed by atoms with van der Waals surface area (Å²) in [7, 11) is 1.53. The first-order valence-electron chi connectivity index (χ1n) is 5.97. The zero-order valence-electron chi connectivity index (χ0n) is 11.8. The number of hydrogen-bond donors (Lipinski definition) is 1. The first kappa shape index (κ1) is 16.7. The maximum Gasteiger partial charge on any atom is 0.255 e.